The quantitative estimate of drug-likeness (QED) is 0.507. The van der Waals surface area contributed by atoms with Crippen molar-refractivity contribution >= 4 is 22.7 Å². The number of anilines is 3. The summed E-state index contributed by atoms with van der Waals surface area (Å²) in [4.78, 5) is 10.2. The van der Waals surface area contributed by atoms with Crippen molar-refractivity contribution in [3.8, 4) is 6.07 Å². The lowest BCUT2D eigenvalue weighted by molar-refractivity contribution is -0.384. The van der Waals surface area contributed by atoms with Gasteiger partial charge < -0.3 is 11.1 Å². The van der Waals surface area contributed by atoms with Crippen molar-refractivity contribution in [2.75, 3.05) is 11.1 Å². The molecule has 3 N–H and O–H groups in total. The summed E-state index contributed by atoms with van der Waals surface area (Å²) in [6.07, 6.45) is 0. The molecule has 0 aliphatic rings. The molecule has 0 heterocycles. The maximum absolute atomic E-state index is 13.0. The van der Waals surface area contributed by atoms with Crippen LogP contribution in [-0.2, 0) is 0 Å². The number of hydrogen-bond acceptors (Lipinski definition) is 5. The third-order valence-corrected chi connectivity index (χ3v) is 2.53. The molecule has 0 aromatic heterocycles. The fourth-order valence-corrected chi connectivity index (χ4v) is 1.69. The molecule has 0 saturated carbocycles. The second-order valence-corrected chi connectivity index (χ2v) is 4.00. The van der Waals surface area contributed by atoms with Crippen LogP contribution in [-0.4, -0.2) is 4.92 Å². The topological polar surface area (TPSA) is 105 Å². The molecule has 0 aliphatic heterocycles. The summed E-state index contributed by atoms with van der Waals surface area (Å²) in [5, 5.41) is 22.5. The lowest BCUT2D eigenvalue weighted by Crippen LogP contribution is -1.98. The van der Waals surface area contributed by atoms with E-state index in [9.17, 15) is 14.5 Å². The van der Waals surface area contributed by atoms with E-state index in [-0.39, 0.29) is 16.9 Å². The minimum absolute atomic E-state index is 0.0927. The first-order valence-corrected chi connectivity index (χ1v) is 5.51. The van der Waals surface area contributed by atoms with E-state index in [1.165, 1.54) is 30.3 Å². The van der Waals surface area contributed by atoms with Crippen molar-refractivity contribution in [2.45, 2.75) is 0 Å². The van der Waals surface area contributed by atoms with Crippen LogP contribution in [0.15, 0.2) is 36.4 Å². The SMILES string of the molecule is N#Cc1cc(F)ccc1Nc1cc(N)cc([N+](=O)[O-])c1. The van der Waals surface area contributed by atoms with Gasteiger partial charge in [0.1, 0.15) is 11.9 Å². The third-order valence-electron chi connectivity index (χ3n) is 2.53. The van der Waals surface area contributed by atoms with E-state index in [1.807, 2.05) is 6.07 Å². The summed E-state index contributed by atoms with van der Waals surface area (Å²) in [6.45, 7) is 0. The van der Waals surface area contributed by atoms with Crippen molar-refractivity contribution in [3.63, 3.8) is 0 Å². The molecule has 2 aromatic rings. The van der Waals surface area contributed by atoms with Gasteiger partial charge in [0.15, 0.2) is 0 Å². The van der Waals surface area contributed by atoms with Gasteiger partial charge in [0.05, 0.1) is 16.2 Å². The van der Waals surface area contributed by atoms with E-state index < -0.39 is 10.7 Å². The van der Waals surface area contributed by atoms with Crippen LogP contribution in [0.3, 0.4) is 0 Å². The molecule has 2 aromatic carbocycles. The molecule has 0 radical (unpaired) electrons. The molecule has 0 saturated heterocycles. The Morgan fingerprint density at radius 2 is 2.05 bits per heavy atom. The third kappa shape index (κ3) is 2.81. The van der Waals surface area contributed by atoms with Crippen LogP contribution in [0.4, 0.5) is 27.1 Å². The van der Waals surface area contributed by atoms with E-state index >= 15 is 0 Å². The molecule has 20 heavy (non-hydrogen) atoms. The van der Waals surface area contributed by atoms with E-state index in [4.69, 9.17) is 11.0 Å². The number of nitrogens with one attached hydrogen (secondary N) is 1. The van der Waals surface area contributed by atoms with Crippen LogP contribution in [0.1, 0.15) is 5.56 Å². The molecule has 0 bridgehead atoms. The molecule has 0 amide bonds. The van der Waals surface area contributed by atoms with Crippen LogP contribution in [0.5, 0.6) is 0 Å². The number of benzene rings is 2. The Morgan fingerprint density at radius 3 is 2.70 bits per heavy atom. The number of nitrogens with zero attached hydrogens (tertiary/aromatic N) is 2. The number of nitrogen functional groups attached to an aromatic ring is 1. The average Bonchev–Trinajstić information content (AvgIpc) is 2.40. The Bertz CT molecular complexity index is 725. The van der Waals surface area contributed by atoms with Gasteiger partial charge in [-0.2, -0.15) is 5.26 Å². The standard InChI is InChI=1S/C13H9FN4O2/c14-9-1-2-13(8(3-9)7-15)17-11-4-10(16)5-12(6-11)18(19)20/h1-6,17H,16H2. The highest BCUT2D eigenvalue weighted by Crippen LogP contribution is 2.27. The van der Waals surface area contributed by atoms with E-state index in [0.29, 0.717) is 11.4 Å². The molecule has 0 aliphatic carbocycles. The van der Waals surface area contributed by atoms with Crippen LogP contribution in [0, 0.1) is 27.3 Å². The normalized spacial score (nSPS) is 9.80. The van der Waals surface area contributed by atoms with Gasteiger partial charge >= 0.3 is 0 Å². The smallest absolute Gasteiger partial charge is 0.273 e. The second-order valence-electron chi connectivity index (χ2n) is 4.00. The number of nitro benzene ring substituents is 1. The number of halogens is 1. The Morgan fingerprint density at radius 1 is 1.30 bits per heavy atom. The Hall–Kier alpha value is -3.14. The summed E-state index contributed by atoms with van der Waals surface area (Å²) in [6, 6.07) is 9.46. The Kier molecular flexibility index (Phi) is 3.48. The number of hydrogen-bond donors (Lipinski definition) is 2. The van der Waals surface area contributed by atoms with E-state index in [2.05, 4.69) is 5.32 Å². The van der Waals surface area contributed by atoms with Gasteiger partial charge in [-0.15, -0.1) is 0 Å². The summed E-state index contributed by atoms with van der Waals surface area (Å²) >= 11 is 0. The minimum atomic E-state index is -0.572. The highest BCUT2D eigenvalue weighted by Gasteiger charge is 2.10. The fraction of sp³-hybridized carbons (Fsp3) is 0. The Labute approximate surface area is 113 Å². The zero-order chi connectivity index (χ0) is 14.7. The van der Waals surface area contributed by atoms with Crippen molar-refractivity contribution in [1.82, 2.24) is 0 Å². The number of nitro groups is 1. The number of nitrogens with two attached hydrogens (primary N) is 1. The molecule has 7 heteroatoms. The lowest BCUT2D eigenvalue weighted by Gasteiger charge is -2.09. The van der Waals surface area contributed by atoms with Gasteiger partial charge in [0.2, 0.25) is 0 Å². The summed E-state index contributed by atoms with van der Waals surface area (Å²) < 4.78 is 13.0. The largest absolute Gasteiger partial charge is 0.398 e. The predicted molar refractivity (Wildman–Crippen MR) is 71.9 cm³/mol. The molecule has 0 unspecified atom stereocenters. The van der Waals surface area contributed by atoms with Crippen molar-refractivity contribution in [2.24, 2.45) is 0 Å². The maximum atomic E-state index is 13.0. The lowest BCUT2D eigenvalue weighted by atomic mass is 10.1. The molecular weight excluding hydrogens is 263 g/mol. The molecule has 0 fully saturated rings. The van der Waals surface area contributed by atoms with Crippen molar-refractivity contribution in [1.29, 1.82) is 5.26 Å². The second kappa shape index (κ2) is 5.24. The first kappa shape index (κ1) is 13.3. The highest BCUT2D eigenvalue weighted by molar-refractivity contribution is 5.71. The van der Waals surface area contributed by atoms with Crippen LogP contribution in [0.2, 0.25) is 0 Å². The first-order valence-electron chi connectivity index (χ1n) is 5.51. The molecule has 0 atom stereocenters. The number of nitriles is 1. The Balaban J connectivity index is 2.40. The molecule has 0 spiro atoms. The van der Waals surface area contributed by atoms with Gasteiger partial charge in [0, 0.05) is 23.5 Å². The molecule has 100 valence electrons. The predicted octanol–water partition coefficient (Wildman–Crippen LogP) is 2.93. The molecule has 2 rings (SSSR count). The van der Waals surface area contributed by atoms with Crippen molar-refractivity contribution in [3.05, 3.63) is 57.9 Å². The van der Waals surface area contributed by atoms with E-state index in [1.54, 1.807) is 0 Å². The highest BCUT2D eigenvalue weighted by atomic mass is 19.1. The van der Waals surface area contributed by atoms with Crippen LogP contribution in [0.25, 0.3) is 0 Å². The zero-order valence-electron chi connectivity index (χ0n) is 10.1. The molecular formula is C13H9FN4O2. The monoisotopic (exact) mass is 272 g/mol. The molecule has 6 nitrogen and oxygen atoms in total. The van der Waals surface area contributed by atoms with E-state index in [0.717, 1.165) is 6.07 Å². The van der Waals surface area contributed by atoms with Crippen LogP contribution < -0.4 is 11.1 Å². The number of non-ortho nitro benzene ring substituents is 1. The zero-order valence-corrected chi connectivity index (χ0v) is 10.1. The van der Waals surface area contributed by atoms with Gasteiger partial charge in [-0.25, -0.2) is 4.39 Å². The fourth-order valence-electron chi connectivity index (χ4n) is 1.69. The summed E-state index contributed by atoms with van der Waals surface area (Å²) in [5.74, 6) is -0.536. The van der Waals surface area contributed by atoms with Gasteiger partial charge in [0.25, 0.3) is 5.69 Å². The maximum Gasteiger partial charge on any atom is 0.273 e. The van der Waals surface area contributed by atoms with Gasteiger partial charge in [-0.3, -0.25) is 10.1 Å². The summed E-state index contributed by atoms with van der Waals surface area (Å²) in [7, 11) is 0. The van der Waals surface area contributed by atoms with Crippen LogP contribution >= 0.6 is 0 Å². The average molecular weight is 272 g/mol. The minimum Gasteiger partial charge on any atom is -0.398 e. The number of rotatable bonds is 3. The first-order chi connectivity index (χ1) is 9.49. The van der Waals surface area contributed by atoms with Gasteiger partial charge in [-0.05, 0) is 24.3 Å². The van der Waals surface area contributed by atoms with Crippen molar-refractivity contribution < 1.29 is 9.31 Å². The summed E-state index contributed by atoms with van der Waals surface area (Å²) in [5.41, 5.74) is 6.39. The van der Waals surface area contributed by atoms with Gasteiger partial charge in [-0.1, -0.05) is 0 Å².